The summed E-state index contributed by atoms with van der Waals surface area (Å²) >= 11 is 0.508. The maximum atomic E-state index is 13.2. The molecule has 1 aliphatic rings. The summed E-state index contributed by atoms with van der Waals surface area (Å²) in [6.07, 6.45) is 1.20. The van der Waals surface area contributed by atoms with Gasteiger partial charge in [0.25, 0.3) is 0 Å². The zero-order valence-corrected chi connectivity index (χ0v) is 23.0. The molecule has 0 spiro atoms. The minimum Gasteiger partial charge on any atom is -0.394 e. The van der Waals surface area contributed by atoms with E-state index in [1.807, 2.05) is 0 Å². The number of carbonyl (C=O) groups excluding carboxylic acids is 4. The van der Waals surface area contributed by atoms with E-state index in [2.05, 4.69) is 6.92 Å². The lowest BCUT2D eigenvalue weighted by molar-refractivity contribution is -0.206. The molecule has 4 N–H and O–H groups in total. The molecule has 10 heteroatoms. The van der Waals surface area contributed by atoms with Gasteiger partial charge in [0.05, 0.1) is 6.61 Å². The fraction of sp³-hybridized carbons (Fsp3) is 0.846. The number of Topliss-reactive ketones (excluding diaryl/α,β-unsaturated/α-hetero) is 4. The van der Waals surface area contributed by atoms with Crippen LogP contribution in [0, 0.1) is 5.41 Å². The Bertz CT molecular complexity index is 739. The maximum absolute atomic E-state index is 13.2. The number of ketones is 4. The van der Waals surface area contributed by atoms with Crippen molar-refractivity contribution < 1.29 is 44.3 Å². The largest absolute Gasteiger partial charge is 0.394 e. The topological polar surface area (TPSA) is 158 Å². The van der Waals surface area contributed by atoms with E-state index in [0.717, 1.165) is 46.0 Å². The molecule has 1 heterocycles. The summed E-state index contributed by atoms with van der Waals surface area (Å²) in [5.74, 6) is -2.77. The maximum Gasteiger partial charge on any atom is 0.154 e. The first kappa shape index (κ1) is 32.9. The highest BCUT2D eigenvalue weighted by Gasteiger charge is 2.65. The summed E-state index contributed by atoms with van der Waals surface area (Å²) in [6.45, 7) is 6.04. The number of thioether (sulfide) groups is 1. The average Bonchev–Trinajstić information content (AvgIpc) is 2.81. The van der Waals surface area contributed by atoms with Crippen LogP contribution in [0.4, 0.5) is 0 Å². The monoisotopic (exact) mass is 532 g/mol. The van der Waals surface area contributed by atoms with Crippen molar-refractivity contribution in [3.05, 3.63) is 0 Å². The molecule has 0 amide bonds. The Balaban J connectivity index is 3.36. The summed E-state index contributed by atoms with van der Waals surface area (Å²) < 4.78 is 3.33. The molecule has 5 atom stereocenters. The van der Waals surface area contributed by atoms with E-state index in [4.69, 9.17) is 4.74 Å². The zero-order chi connectivity index (χ0) is 27.7. The van der Waals surface area contributed by atoms with Gasteiger partial charge in [0.15, 0.2) is 16.3 Å². The van der Waals surface area contributed by atoms with Crippen molar-refractivity contribution in [1.29, 1.82) is 0 Å². The number of aliphatic hydroxyl groups is 4. The van der Waals surface area contributed by atoms with Gasteiger partial charge in [0.2, 0.25) is 0 Å². The average molecular weight is 533 g/mol. The van der Waals surface area contributed by atoms with Gasteiger partial charge in [-0.15, -0.1) is 11.8 Å². The molecule has 1 aliphatic heterocycles. The number of unbranched alkanes of at least 4 members (excludes halogenated alkanes) is 7. The van der Waals surface area contributed by atoms with E-state index in [0.29, 0.717) is 24.6 Å². The molecule has 0 radical (unpaired) electrons. The second-order valence-electron chi connectivity index (χ2n) is 9.85. The Morgan fingerprint density at radius 2 is 1.19 bits per heavy atom. The zero-order valence-electron chi connectivity index (χ0n) is 22.2. The minimum absolute atomic E-state index is 0.0315. The Labute approximate surface area is 218 Å². The molecule has 0 aliphatic carbocycles. The van der Waals surface area contributed by atoms with Crippen LogP contribution in [0.3, 0.4) is 0 Å². The van der Waals surface area contributed by atoms with Crippen LogP contribution >= 0.6 is 11.8 Å². The molecule has 36 heavy (non-hydrogen) atoms. The van der Waals surface area contributed by atoms with Gasteiger partial charge in [-0.1, -0.05) is 58.3 Å². The normalized spacial score (nSPS) is 25.0. The predicted molar refractivity (Wildman–Crippen MR) is 136 cm³/mol. The Hall–Kier alpha value is -1.17. The van der Waals surface area contributed by atoms with E-state index in [-0.39, 0.29) is 6.42 Å². The summed E-state index contributed by atoms with van der Waals surface area (Å²) in [4.78, 5) is 52.8. The number of ether oxygens (including phenoxy) is 1. The number of hydrogen-bond acceptors (Lipinski definition) is 10. The smallest absolute Gasteiger partial charge is 0.154 e. The van der Waals surface area contributed by atoms with E-state index in [1.165, 1.54) is 20.3 Å². The Kier molecular flexibility index (Phi) is 13.4. The van der Waals surface area contributed by atoms with Crippen molar-refractivity contribution in [2.45, 2.75) is 127 Å². The lowest BCUT2D eigenvalue weighted by Gasteiger charge is -2.48. The third-order valence-corrected chi connectivity index (χ3v) is 9.24. The fourth-order valence-electron chi connectivity index (χ4n) is 5.25. The predicted octanol–water partition coefficient (Wildman–Crippen LogP) is 2.13. The highest BCUT2D eigenvalue weighted by Crippen LogP contribution is 2.52. The second-order valence-corrected chi connectivity index (χ2v) is 11.2. The third-order valence-electron chi connectivity index (χ3n) is 7.34. The van der Waals surface area contributed by atoms with Gasteiger partial charge in [0.1, 0.15) is 46.8 Å². The Morgan fingerprint density at radius 3 is 1.61 bits per heavy atom. The number of hydrogen-bond donors (Lipinski definition) is 4. The number of aliphatic hydroxyl groups excluding tert-OH is 4. The van der Waals surface area contributed by atoms with E-state index < -0.39 is 69.8 Å². The van der Waals surface area contributed by atoms with Gasteiger partial charge in [-0.05, 0) is 34.1 Å². The molecule has 1 saturated heterocycles. The lowest BCUT2D eigenvalue weighted by atomic mass is 9.63. The van der Waals surface area contributed by atoms with Gasteiger partial charge in [-0.25, -0.2) is 0 Å². The van der Waals surface area contributed by atoms with Gasteiger partial charge in [0, 0.05) is 0 Å². The van der Waals surface area contributed by atoms with Gasteiger partial charge in [-0.2, -0.15) is 0 Å². The van der Waals surface area contributed by atoms with Gasteiger partial charge in [-0.3, -0.25) is 19.2 Å². The van der Waals surface area contributed by atoms with Crippen molar-refractivity contribution in [2.75, 3.05) is 6.61 Å². The molecule has 0 bridgehead atoms. The first-order valence-corrected chi connectivity index (χ1v) is 13.8. The van der Waals surface area contributed by atoms with E-state index in [9.17, 15) is 39.6 Å². The number of carbonyl (C=O) groups is 4. The van der Waals surface area contributed by atoms with Gasteiger partial charge < -0.3 is 25.2 Å². The van der Waals surface area contributed by atoms with E-state index in [1.54, 1.807) is 0 Å². The van der Waals surface area contributed by atoms with Crippen molar-refractivity contribution >= 4 is 34.9 Å². The van der Waals surface area contributed by atoms with Crippen LogP contribution in [0.2, 0.25) is 0 Å². The van der Waals surface area contributed by atoms with Gasteiger partial charge >= 0.3 is 0 Å². The SMILES string of the molecule is CCCCCCCCCCC(C(C)=O)(C(C)=O)C(SC1O[C@H](CO)[C@@H](O)[C@H](O)[C@H]1O)(C(C)=O)C(C)=O. The highest BCUT2D eigenvalue weighted by molar-refractivity contribution is 8.02. The molecule has 1 unspecified atom stereocenters. The van der Waals surface area contributed by atoms with Crippen LogP contribution in [-0.2, 0) is 23.9 Å². The molecule has 0 aromatic rings. The number of rotatable bonds is 17. The van der Waals surface area contributed by atoms with Crippen LogP contribution in [-0.4, -0.2) is 84.8 Å². The Morgan fingerprint density at radius 1 is 0.722 bits per heavy atom. The van der Waals surface area contributed by atoms with E-state index >= 15 is 0 Å². The standard InChI is InChI=1S/C26H44O9S/c1-6-7-8-9-10-11-12-13-14-25(16(2)28,17(3)29)26(18(4)30,19(5)31)36-24-23(34)22(33)21(32)20(15-27)35-24/h20-24,27,32-34H,6-15H2,1-5H3/t20-,21-,22+,23-,24?/m1/s1. The van der Waals surface area contributed by atoms with Crippen LogP contribution in [0.1, 0.15) is 92.4 Å². The van der Waals surface area contributed by atoms with Crippen LogP contribution in [0.5, 0.6) is 0 Å². The molecular formula is C26H44O9S. The van der Waals surface area contributed by atoms with Crippen molar-refractivity contribution in [2.24, 2.45) is 5.41 Å². The first-order valence-electron chi connectivity index (χ1n) is 12.9. The van der Waals surface area contributed by atoms with Crippen LogP contribution in [0.25, 0.3) is 0 Å². The van der Waals surface area contributed by atoms with Crippen LogP contribution < -0.4 is 0 Å². The molecule has 0 aromatic carbocycles. The lowest BCUT2D eigenvalue weighted by Crippen LogP contribution is -2.65. The highest BCUT2D eigenvalue weighted by atomic mass is 32.2. The second kappa shape index (κ2) is 14.7. The van der Waals surface area contributed by atoms with Crippen LogP contribution in [0.15, 0.2) is 0 Å². The summed E-state index contributed by atoms with van der Waals surface area (Å²) in [6, 6.07) is 0. The molecule has 208 valence electrons. The van der Waals surface area contributed by atoms with Crippen molar-refractivity contribution in [3.63, 3.8) is 0 Å². The van der Waals surface area contributed by atoms with Crippen molar-refractivity contribution in [1.82, 2.24) is 0 Å². The van der Waals surface area contributed by atoms with Crippen molar-refractivity contribution in [3.8, 4) is 0 Å². The molecule has 1 fully saturated rings. The fourth-order valence-corrected chi connectivity index (χ4v) is 7.02. The molecule has 1 rings (SSSR count). The third kappa shape index (κ3) is 6.82. The first-order chi connectivity index (χ1) is 16.8. The minimum atomic E-state index is -2.22. The molecule has 0 saturated carbocycles. The summed E-state index contributed by atoms with van der Waals surface area (Å²) in [5.41, 5.74) is -3.47. The quantitative estimate of drug-likeness (QED) is 0.161. The summed E-state index contributed by atoms with van der Waals surface area (Å²) in [7, 11) is 0. The molecule has 9 nitrogen and oxygen atoms in total. The molecule has 0 aromatic heterocycles. The summed E-state index contributed by atoms with van der Waals surface area (Å²) in [5, 5.41) is 40.5. The molecular weight excluding hydrogens is 488 g/mol.